The van der Waals surface area contributed by atoms with Gasteiger partial charge in [0.05, 0.1) is 5.69 Å². The molecule has 164 valence electrons. The van der Waals surface area contributed by atoms with Crippen molar-refractivity contribution in [2.75, 3.05) is 0 Å². The lowest BCUT2D eigenvalue weighted by Crippen LogP contribution is -2.08. The van der Waals surface area contributed by atoms with E-state index in [9.17, 15) is 4.79 Å². The molecule has 0 N–H and O–H groups in total. The van der Waals surface area contributed by atoms with Gasteiger partial charge < -0.3 is 9.26 Å². The average molecular weight is 444 g/mol. The molecule has 0 bridgehead atoms. The van der Waals surface area contributed by atoms with Crippen LogP contribution in [0.3, 0.4) is 0 Å². The summed E-state index contributed by atoms with van der Waals surface area (Å²) in [4.78, 5) is 16.9. The van der Waals surface area contributed by atoms with Crippen molar-refractivity contribution in [3.05, 3.63) is 127 Å². The van der Waals surface area contributed by atoms with Crippen LogP contribution in [-0.2, 0) is 0 Å². The van der Waals surface area contributed by atoms with E-state index < -0.39 is 5.97 Å². The summed E-state index contributed by atoms with van der Waals surface area (Å²) in [6.45, 7) is 0. The molecule has 0 saturated carbocycles. The summed E-state index contributed by atoms with van der Waals surface area (Å²) in [6.07, 6.45) is 1.77. The van der Waals surface area contributed by atoms with Gasteiger partial charge in [-0.1, -0.05) is 78.0 Å². The third kappa shape index (κ3) is 5.00. The van der Waals surface area contributed by atoms with Crippen LogP contribution >= 0.6 is 0 Å². The molecular weight excluding hydrogens is 424 g/mol. The molecular formula is C29H20N2O3. The molecule has 1 heterocycles. The average Bonchev–Trinajstić information content (AvgIpc) is 3.40. The van der Waals surface area contributed by atoms with Gasteiger partial charge in [0.15, 0.2) is 11.5 Å². The zero-order valence-corrected chi connectivity index (χ0v) is 18.2. The zero-order valence-electron chi connectivity index (χ0n) is 18.2. The van der Waals surface area contributed by atoms with E-state index in [-0.39, 0.29) is 5.69 Å². The van der Waals surface area contributed by atoms with Crippen LogP contribution in [0.25, 0.3) is 22.5 Å². The Labute approximate surface area is 197 Å². The van der Waals surface area contributed by atoms with E-state index in [2.05, 4.69) is 34.4 Å². The summed E-state index contributed by atoms with van der Waals surface area (Å²) >= 11 is 0. The van der Waals surface area contributed by atoms with E-state index >= 15 is 0 Å². The van der Waals surface area contributed by atoms with Crippen molar-refractivity contribution >= 4 is 17.9 Å². The largest absolute Gasteiger partial charge is 0.422 e. The second kappa shape index (κ2) is 9.79. The monoisotopic (exact) mass is 444 g/mol. The number of aliphatic imine (C=N–C) groups is 1. The quantitative estimate of drug-likeness (QED) is 0.161. The molecule has 0 unspecified atom stereocenters. The Morgan fingerprint density at radius 2 is 1.35 bits per heavy atom. The third-order valence-electron chi connectivity index (χ3n) is 5.21. The molecule has 0 atom stereocenters. The maximum absolute atomic E-state index is 12.4. The number of nitrogens with zero attached hydrogens (tertiary/aromatic N) is 2. The molecule has 1 aromatic heterocycles. The van der Waals surface area contributed by atoms with Crippen LogP contribution in [-0.4, -0.2) is 17.3 Å². The summed E-state index contributed by atoms with van der Waals surface area (Å²) in [7, 11) is 0. The Morgan fingerprint density at radius 1 is 0.735 bits per heavy atom. The normalized spacial score (nSPS) is 10.9. The van der Waals surface area contributed by atoms with Gasteiger partial charge in [-0.15, -0.1) is 0 Å². The molecule has 0 aliphatic carbocycles. The van der Waals surface area contributed by atoms with Gasteiger partial charge in [0.2, 0.25) is 0 Å². The lowest BCUT2D eigenvalue weighted by atomic mass is 10.1. The van der Waals surface area contributed by atoms with Gasteiger partial charge >= 0.3 is 5.97 Å². The highest BCUT2D eigenvalue weighted by Gasteiger charge is 2.15. The Hall–Kier alpha value is -4.77. The van der Waals surface area contributed by atoms with Crippen LogP contribution in [0, 0.1) is 0 Å². The standard InChI is InChI=1S/C29H20N2O3/c32-29(27-19-28(34-31-27)24-9-5-2-6-10-24)33-26-17-11-21(12-18-26)20-30-25-15-13-23(14-16-25)22-7-3-1-4-8-22/h1-20H. The van der Waals surface area contributed by atoms with Crippen LogP contribution in [0.1, 0.15) is 16.1 Å². The van der Waals surface area contributed by atoms with Gasteiger partial charge in [0.25, 0.3) is 0 Å². The van der Waals surface area contributed by atoms with Gasteiger partial charge in [0, 0.05) is 17.8 Å². The number of aromatic nitrogens is 1. The van der Waals surface area contributed by atoms with Crippen molar-refractivity contribution in [1.29, 1.82) is 0 Å². The number of benzene rings is 4. The van der Waals surface area contributed by atoms with Crippen molar-refractivity contribution in [2.45, 2.75) is 0 Å². The predicted octanol–water partition coefficient (Wildman–Crippen LogP) is 6.98. The summed E-state index contributed by atoms with van der Waals surface area (Å²) in [5, 5.41) is 3.82. The lowest BCUT2D eigenvalue weighted by molar-refractivity contribution is 0.0724. The van der Waals surface area contributed by atoms with Gasteiger partial charge in [-0.05, 0) is 53.1 Å². The van der Waals surface area contributed by atoms with Crippen molar-refractivity contribution in [2.24, 2.45) is 4.99 Å². The fraction of sp³-hybridized carbons (Fsp3) is 0. The van der Waals surface area contributed by atoms with E-state index in [0.29, 0.717) is 11.5 Å². The summed E-state index contributed by atoms with van der Waals surface area (Å²) in [5.41, 5.74) is 5.02. The van der Waals surface area contributed by atoms with Crippen LogP contribution in [0.5, 0.6) is 5.75 Å². The molecule has 5 aromatic rings. The number of carbonyl (C=O) groups is 1. The number of hydrogen-bond donors (Lipinski definition) is 0. The van der Waals surface area contributed by atoms with Crippen molar-refractivity contribution in [1.82, 2.24) is 5.16 Å². The van der Waals surface area contributed by atoms with Gasteiger partial charge in [-0.2, -0.15) is 0 Å². The molecule has 0 aliphatic rings. The molecule has 5 nitrogen and oxygen atoms in total. The SMILES string of the molecule is O=C(Oc1ccc(C=Nc2ccc(-c3ccccc3)cc2)cc1)c1cc(-c2ccccc2)on1. The molecule has 0 spiro atoms. The van der Waals surface area contributed by atoms with E-state index in [1.54, 1.807) is 24.4 Å². The van der Waals surface area contributed by atoms with Gasteiger partial charge in [0.1, 0.15) is 5.75 Å². The highest BCUT2D eigenvalue weighted by atomic mass is 16.5. The molecule has 0 aliphatic heterocycles. The fourth-order valence-corrected chi connectivity index (χ4v) is 3.41. The van der Waals surface area contributed by atoms with Crippen LogP contribution < -0.4 is 4.74 Å². The van der Waals surface area contributed by atoms with Crippen LogP contribution in [0.4, 0.5) is 5.69 Å². The van der Waals surface area contributed by atoms with Crippen LogP contribution in [0.2, 0.25) is 0 Å². The first-order chi connectivity index (χ1) is 16.7. The summed E-state index contributed by atoms with van der Waals surface area (Å²) in [6, 6.07) is 36.4. The molecule has 34 heavy (non-hydrogen) atoms. The minimum Gasteiger partial charge on any atom is -0.422 e. The maximum atomic E-state index is 12.4. The second-order valence-electron chi connectivity index (χ2n) is 7.57. The molecule has 0 fully saturated rings. The number of esters is 1. The topological polar surface area (TPSA) is 64.7 Å². The first-order valence-electron chi connectivity index (χ1n) is 10.8. The van der Waals surface area contributed by atoms with Crippen molar-refractivity contribution in [3.63, 3.8) is 0 Å². The number of carbonyl (C=O) groups excluding carboxylic acids is 1. The number of ether oxygens (including phenoxy) is 1. The molecule has 5 heteroatoms. The first kappa shape index (κ1) is 21.1. The number of hydrogen-bond acceptors (Lipinski definition) is 5. The Bertz CT molecular complexity index is 1410. The lowest BCUT2D eigenvalue weighted by Gasteiger charge is -2.03. The predicted molar refractivity (Wildman–Crippen MR) is 132 cm³/mol. The maximum Gasteiger partial charge on any atom is 0.365 e. The van der Waals surface area contributed by atoms with E-state index in [1.807, 2.05) is 72.8 Å². The summed E-state index contributed by atoms with van der Waals surface area (Å²) in [5.74, 6) is 0.348. The minimum absolute atomic E-state index is 0.114. The molecule has 5 rings (SSSR count). The van der Waals surface area contributed by atoms with Crippen molar-refractivity contribution < 1.29 is 14.1 Å². The van der Waals surface area contributed by atoms with Crippen LogP contribution in [0.15, 0.2) is 125 Å². The fourth-order valence-electron chi connectivity index (χ4n) is 3.41. The highest BCUT2D eigenvalue weighted by molar-refractivity contribution is 5.90. The second-order valence-corrected chi connectivity index (χ2v) is 7.57. The molecule has 0 saturated heterocycles. The third-order valence-corrected chi connectivity index (χ3v) is 5.21. The minimum atomic E-state index is -0.578. The van der Waals surface area contributed by atoms with Crippen molar-refractivity contribution in [3.8, 4) is 28.2 Å². The highest BCUT2D eigenvalue weighted by Crippen LogP contribution is 2.23. The van der Waals surface area contributed by atoms with Gasteiger partial charge in [-0.3, -0.25) is 4.99 Å². The molecule has 0 radical (unpaired) electrons. The Balaban J connectivity index is 1.21. The Kier molecular flexibility index (Phi) is 6.08. The Morgan fingerprint density at radius 3 is 2.03 bits per heavy atom. The van der Waals surface area contributed by atoms with E-state index in [4.69, 9.17) is 9.26 Å². The summed E-state index contributed by atoms with van der Waals surface area (Å²) < 4.78 is 10.7. The van der Waals surface area contributed by atoms with E-state index in [0.717, 1.165) is 22.4 Å². The zero-order chi connectivity index (χ0) is 23.2. The van der Waals surface area contributed by atoms with Gasteiger partial charge in [-0.25, -0.2) is 4.79 Å². The molecule has 4 aromatic carbocycles. The number of rotatable bonds is 6. The first-order valence-corrected chi connectivity index (χ1v) is 10.8. The van der Waals surface area contributed by atoms with E-state index in [1.165, 1.54) is 5.56 Å². The molecule has 0 amide bonds. The smallest absolute Gasteiger partial charge is 0.365 e.